The quantitative estimate of drug-likeness (QED) is 0.218. The van der Waals surface area contributed by atoms with Gasteiger partial charge in [-0.05, 0) is 105 Å². The van der Waals surface area contributed by atoms with E-state index in [4.69, 9.17) is 14.2 Å². The molecule has 0 spiro atoms. The molecule has 0 atom stereocenters. The third-order valence-corrected chi connectivity index (χ3v) is 6.60. The van der Waals surface area contributed by atoms with Crippen LogP contribution in [0.2, 0.25) is 0 Å². The van der Waals surface area contributed by atoms with Crippen LogP contribution >= 0.6 is 34.4 Å². The lowest BCUT2D eigenvalue weighted by Crippen LogP contribution is -2.37. The SMILES string of the molecule is CCOc1cc(C=C2SC(=O)N(CC(=O)OC(C)(C)C)C2=O)cc(I)c1OCC(=O)Nc1ccc(C)cc1. The number of carbonyl (C=O) groups excluding carboxylic acids is 4. The molecule has 3 amide bonds. The molecule has 9 nitrogen and oxygen atoms in total. The molecule has 1 fully saturated rings. The standard InChI is InChI=1S/C27H29IN2O7S/c1-6-35-20-12-17(13-21-25(33)30(26(34)38-21)14-23(32)37-27(3,4)5)11-19(28)24(20)36-15-22(31)29-18-9-7-16(2)8-10-18/h7-13H,6,14-15H2,1-5H3,(H,29,31). The maximum Gasteiger partial charge on any atom is 0.326 e. The number of hydrogen-bond acceptors (Lipinski definition) is 8. The van der Waals surface area contributed by atoms with Crippen LogP contribution in [0.25, 0.3) is 6.08 Å². The van der Waals surface area contributed by atoms with Crippen LogP contribution in [0.15, 0.2) is 41.3 Å². The lowest BCUT2D eigenvalue weighted by Gasteiger charge is -2.21. The minimum Gasteiger partial charge on any atom is -0.490 e. The summed E-state index contributed by atoms with van der Waals surface area (Å²) in [6.07, 6.45) is 1.55. The first-order chi connectivity index (χ1) is 17.9. The minimum absolute atomic E-state index is 0.169. The molecule has 1 saturated heterocycles. The largest absolute Gasteiger partial charge is 0.490 e. The van der Waals surface area contributed by atoms with E-state index in [1.807, 2.05) is 38.1 Å². The molecule has 38 heavy (non-hydrogen) atoms. The number of rotatable bonds is 9. The number of aryl methyl sites for hydroxylation is 1. The molecule has 1 aliphatic rings. The highest BCUT2D eigenvalue weighted by atomic mass is 127. The predicted molar refractivity (Wildman–Crippen MR) is 154 cm³/mol. The molecule has 2 aromatic rings. The van der Waals surface area contributed by atoms with Gasteiger partial charge in [-0.3, -0.25) is 24.1 Å². The Hall–Kier alpha value is -3.06. The van der Waals surface area contributed by atoms with Crippen molar-refractivity contribution in [2.75, 3.05) is 25.1 Å². The van der Waals surface area contributed by atoms with Crippen molar-refractivity contribution in [2.24, 2.45) is 0 Å². The van der Waals surface area contributed by atoms with Gasteiger partial charge in [0.2, 0.25) is 0 Å². The fourth-order valence-electron chi connectivity index (χ4n) is 3.34. The highest BCUT2D eigenvalue weighted by Gasteiger charge is 2.37. The third kappa shape index (κ3) is 8.22. The molecule has 1 aliphatic heterocycles. The van der Waals surface area contributed by atoms with Gasteiger partial charge in [0.1, 0.15) is 12.1 Å². The fourth-order valence-corrected chi connectivity index (χ4v) is 4.96. The van der Waals surface area contributed by atoms with Gasteiger partial charge in [0.15, 0.2) is 18.1 Å². The Morgan fingerprint density at radius 3 is 2.42 bits per heavy atom. The second kappa shape index (κ2) is 12.7. The number of imide groups is 1. The first kappa shape index (κ1) is 29.5. The number of esters is 1. The van der Waals surface area contributed by atoms with Crippen molar-refractivity contribution in [3.8, 4) is 11.5 Å². The topological polar surface area (TPSA) is 111 Å². The highest BCUT2D eigenvalue weighted by molar-refractivity contribution is 14.1. The van der Waals surface area contributed by atoms with Crippen LogP contribution in [0.3, 0.4) is 0 Å². The zero-order chi connectivity index (χ0) is 28.0. The van der Waals surface area contributed by atoms with Gasteiger partial charge in [-0.2, -0.15) is 0 Å². The lowest BCUT2D eigenvalue weighted by atomic mass is 10.2. The molecule has 2 aromatic carbocycles. The maximum atomic E-state index is 12.8. The summed E-state index contributed by atoms with van der Waals surface area (Å²) in [6, 6.07) is 10.8. The molecule has 0 aliphatic carbocycles. The summed E-state index contributed by atoms with van der Waals surface area (Å²) in [4.78, 5) is 50.8. The first-order valence-electron chi connectivity index (χ1n) is 11.8. The molecule has 0 saturated carbocycles. The van der Waals surface area contributed by atoms with Crippen LogP contribution in [0.1, 0.15) is 38.8 Å². The monoisotopic (exact) mass is 652 g/mol. The van der Waals surface area contributed by atoms with E-state index >= 15 is 0 Å². The maximum absolute atomic E-state index is 12.8. The smallest absolute Gasteiger partial charge is 0.326 e. The molecular formula is C27H29IN2O7S. The van der Waals surface area contributed by atoms with Crippen LogP contribution < -0.4 is 14.8 Å². The van der Waals surface area contributed by atoms with Crippen molar-refractivity contribution < 1.29 is 33.4 Å². The van der Waals surface area contributed by atoms with Gasteiger partial charge in [0.05, 0.1) is 15.1 Å². The number of benzene rings is 2. The van der Waals surface area contributed by atoms with Gasteiger partial charge < -0.3 is 19.5 Å². The Kier molecular flexibility index (Phi) is 9.82. The molecular weight excluding hydrogens is 623 g/mol. The minimum atomic E-state index is -0.730. The van der Waals surface area contributed by atoms with E-state index in [1.54, 1.807) is 39.0 Å². The van der Waals surface area contributed by atoms with Crippen molar-refractivity contribution in [1.82, 2.24) is 4.90 Å². The van der Waals surface area contributed by atoms with Gasteiger partial charge in [-0.1, -0.05) is 17.7 Å². The third-order valence-electron chi connectivity index (χ3n) is 4.89. The van der Waals surface area contributed by atoms with Gasteiger partial charge >= 0.3 is 5.97 Å². The highest BCUT2D eigenvalue weighted by Crippen LogP contribution is 2.37. The number of nitrogens with zero attached hydrogens (tertiary/aromatic N) is 1. The number of hydrogen-bond donors (Lipinski definition) is 1. The van der Waals surface area contributed by atoms with Crippen molar-refractivity contribution >= 4 is 69.1 Å². The second-order valence-electron chi connectivity index (χ2n) is 9.32. The van der Waals surface area contributed by atoms with E-state index in [1.165, 1.54) is 0 Å². The summed E-state index contributed by atoms with van der Waals surface area (Å²) in [6.45, 7) is 8.56. The number of thioether (sulfide) groups is 1. The molecule has 0 unspecified atom stereocenters. The molecule has 0 radical (unpaired) electrons. The van der Waals surface area contributed by atoms with Crippen molar-refractivity contribution in [2.45, 2.75) is 40.2 Å². The molecule has 1 heterocycles. The van der Waals surface area contributed by atoms with Gasteiger partial charge in [0.25, 0.3) is 17.1 Å². The summed E-state index contributed by atoms with van der Waals surface area (Å²) in [7, 11) is 0. The van der Waals surface area contributed by atoms with Crippen molar-refractivity contribution in [3.63, 3.8) is 0 Å². The molecule has 202 valence electrons. The van der Waals surface area contributed by atoms with E-state index in [0.717, 1.165) is 22.2 Å². The van der Waals surface area contributed by atoms with E-state index in [-0.39, 0.29) is 17.4 Å². The summed E-state index contributed by atoms with van der Waals surface area (Å²) in [5, 5.41) is 2.23. The number of halogens is 1. The Bertz CT molecular complexity index is 1270. The number of nitrogens with one attached hydrogen (secondary N) is 1. The summed E-state index contributed by atoms with van der Waals surface area (Å²) in [5.41, 5.74) is 1.62. The lowest BCUT2D eigenvalue weighted by molar-refractivity contribution is -0.156. The fraction of sp³-hybridized carbons (Fsp3) is 0.333. The van der Waals surface area contributed by atoms with E-state index in [2.05, 4.69) is 27.9 Å². The van der Waals surface area contributed by atoms with Crippen LogP contribution in [0.4, 0.5) is 10.5 Å². The van der Waals surface area contributed by atoms with Crippen molar-refractivity contribution in [1.29, 1.82) is 0 Å². The predicted octanol–water partition coefficient (Wildman–Crippen LogP) is 5.39. The van der Waals surface area contributed by atoms with Crippen LogP contribution in [0.5, 0.6) is 11.5 Å². The molecule has 11 heteroatoms. The average molecular weight is 653 g/mol. The zero-order valence-electron chi connectivity index (χ0n) is 21.8. The van der Waals surface area contributed by atoms with Crippen LogP contribution in [-0.2, 0) is 19.1 Å². The second-order valence-corrected chi connectivity index (χ2v) is 11.5. The Balaban J connectivity index is 1.73. The van der Waals surface area contributed by atoms with E-state index in [9.17, 15) is 19.2 Å². The van der Waals surface area contributed by atoms with Crippen LogP contribution in [-0.4, -0.2) is 53.3 Å². The Labute approximate surface area is 239 Å². The molecule has 1 N–H and O–H groups in total. The van der Waals surface area contributed by atoms with Gasteiger partial charge in [-0.25, -0.2) is 0 Å². The molecule has 3 rings (SSSR count). The number of amides is 3. The van der Waals surface area contributed by atoms with Crippen molar-refractivity contribution in [3.05, 3.63) is 56.0 Å². The number of carbonyl (C=O) groups is 4. The average Bonchev–Trinajstić information content (AvgIpc) is 3.06. The van der Waals surface area contributed by atoms with E-state index in [0.29, 0.717) is 32.9 Å². The normalized spacial score (nSPS) is 14.6. The number of anilines is 1. The number of ether oxygens (including phenoxy) is 3. The Morgan fingerprint density at radius 2 is 1.79 bits per heavy atom. The summed E-state index contributed by atoms with van der Waals surface area (Å²) >= 11 is 2.80. The van der Waals surface area contributed by atoms with E-state index < -0.39 is 29.3 Å². The van der Waals surface area contributed by atoms with Gasteiger partial charge in [-0.15, -0.1) is 0 Å². The van der Waals surface area contributed by atoms with Crippen LogP contribution in [0, 0.1) is 10.5 Å². The molecule has 0 bridgehead atoms. The first-order valence-corrected chi connectivity index (χ1v) is 13.7. The Morgan fingerprint density at radius 1 is 1.11 bits per heavy atom. The zero-order valence-corrected chi connectivity index (χ0v) is 24.7. The summed E-state index contributed by atoms with van der Waals surface area (Å²) < 4.78 is 17.4. The summed E-state index contributed by atoms with van der Waals surface area (Å²) in [5.74, 6) is -0.785. The van der Waals surface area contributed by atoms with Gasteiger partial charge in [0, 0.05) is 5.69 Å². The molecule has 0 aromatic heterocycles.